The second kappa shape index (κ2) is 15.0. The first kappa shape index (κ1) is 39.6. The van der Waals surface area contributed by atoms with Crippen molar-refractivity contribution in [3.8, 4) is 61.3 Å². The van der Waals surface area contributed by atoms with Gasteiger partial charge in [0.2, 0.25) is 0 Å². The molecule has 0 unspecified atom stereocenters. The van der Waals surface area contributed by atoms with Gasteiger partial charge >= 0.3 is 12.4 Å². The van der Waals surface area contributed by atoms with Crippen LogP contribution in [0.2, 0.25) is 0 Å². The van der Waals surface area contributed by atoms with Crippen LogP contribution >= 0.6 is 0 Å². The van der Waals surface area contributed by atoms with E-state index in [1.54, 1.807) is 26.0 Å². The first-order valence-electron chi connectivity index (χ1n) is 20.0. The standard InChI is InChI=1S/C54H39F6N/c1-32-21-33(2)25-40(24-32)43-11-5-6-12-44(43)45-13-7-8-14-46(45)47-15-9-10-16-50(47)61-51-19-17-36(38-22-34(3)26-41(28-38)53(55,56)57)30-48(51)49-31-37(18-20-52(49)61)39-23-35(4)27-42(29-39)54(58,59)60/h5-31H,1-4H3. The molecule has 0 N–H and O–H groups in total. The van der Waals surface area contributed by atoms with Crippen molar-refractivity contribution >= 4 is 21.8 Å². The molecule has 0 radical (unpaired) electrons. The number of hydrogen-bond acceptors (Lipinski definition) is 0. The van der Waals surface area contributed by atoms with Crippen molar-refractivity contribution in [3.63, 3.8) is 0 Å². The van der Waals surface area contributed by atoms with E-state index in [4.69, 9.17) is 0 Å². The van der Waals surface area contributed by atoms with Crippen LogP contribution in [0.5, 0.6) is 0 Å². The van der Waals surface area contributed by atoms with Gasteiger partial charge in [0, 0.05) is 16.3 Å². The Bertz CT molecular complexity index is 3020. The van der Waals surface area contributed by atoms with Crippen LogP contribution in [0, 0.1) is 27.7 Å². The summed E-state index contributed by atoms with van der Waals surface area (Å²) in [5.41, 5.74) is 12.5. The number of alkyl halides is 6. The lowest BCUT2D eigenvalue weighted by molar-refractivity contribution is -0.138. The van der Waals surface area contributed by atoms with Crippen molar-refractivity contribution in [1.82, 2.24) is 4.57 Å². The van der Waals surface area contributed by atoms with E-state index in [1.165, 1.54) is 11.1 Å². The Morgan fingerprint density at radius 2 is 0.705 bits per heavy atom. The van der Waals surface area contributed by atoms with Crippen molar-refractivity contribution < 1.29 is 26.3 Å². The zero-order valence-electron chi connectivity index (χ0n) is 33.8. The van der Waals surface area contributed by atoms with Gasteiger partial charge < -0.3 is 4.57 Å². The molecule has 0 aliphatic heterocycles. The Morgan fingerprint density at radius 3 is 1.18 bits per heavy atom. The summed E-state index contributed by atoms with van der Waals surface area (Å²) in [6.07, 6.45) is -9.06. The van der Waals surface area contributed by atoms with Crippen molar-refractivity contribution in [2.75, 3.05) is 0 Å². The molecule has 0 atom stereocenters. The molecule has 0 fully saturated rings. The highest BCUT2D eigenvalue weighted by molar-refractivity contribution is 6.12. The summed E-state index contributed by atoms with van der Waals surface area (Å²) in [5, 5.41) is 1.49. The highest BCUT2D eigenvalue weighted by Crippen LogP contribution is 2.44. The second-order valence-electron chi connectivity index (χ2n) is 16.0. The van der Waals surface area contributed by atoms with Gasteiger partial charge in [-0.05, 0) is 143 Å². The third-order valence-electron chi connectivity index (χ3n) is 11.4. The van der Waals surface area contributed by atoms with Gasteiger partial charge in [-0.25, -0.2) is 0 Å². The van der Waals surface area contributed by atoms with Crippen LogP contribution in [0.15, 0.2) is 164 Å². The number of hydrogen-bond donors (Lipinski definition) is 0. The number of benzene rings is 8. The molecule has 61 heavy (non-hydrogen) atoms. The molecular weight excluding hydrogens is 777 g/mol. The monoisotopic (exact) mass is 815 g/mol. The van der Waals surface area contributed by atoms with Crippen LogP contribution in [0.25, 0.3) is 83.1 Å². The van der Waals surface area contributed by atoms with Crippen LogP contribution in [0.4, 0.5) is 26.3 Å². The van der Waals surface area contributed by atoms with Crippen molar-refractivity contribution in [2.45, 2.75) is 40.0 Å². The normalized spacial score (nSPS) is 12.1. The lowest BCUT2D eigenvalue weighted by Crippen LogP contribution is -2.05. The minimum absolute atomic E-state index is 0.413. The van der Waals surface area contributed by atoms with Crippen LogP contribution < -0.4 is 0 Å². The predicted molar refractivity (Wildman–Crippen MR) is 237 cm³/mol. The maximum atomic E-state index is 14.0. The van der Waals surface area contributed by atoms with E-state index < -0.39 is 23.5 Å². The summed E-state index contributed by atoms with van der Waals surface area (Å²) in [6.45, 7) is 7.48. The van der Waals surface area contributed by atoms with Gasteiger partial charge in [0.15, 0.2) is 0 Å². The Morgan fingerprint density at radius 1 is 0.328 bits per heavy atom. The molecule has 1 heterocycles. The first-order chi connectivity index (χ1) is 29.1. The van der Waals surface area contributed by atoms with Gasteiger partial charge in [0.25, 0.3) is 0 Å². The van der Waals surface area contributed by atoms with Gasteiger partial charge in [0.05, 0.1) is 27.8 Å². The Labute approximate surface area is 350 Å². The molecule has 9 rings (SSSR count). The summed E-state index contributed by atoms with van der Waals surface area (Å²) < 4.78 is 86.3. The number of nitrogens with zero attached hydrogens (tertiary/aromatic N) is 1. The zero-order valence-corrected chi connectivity index (χ0v) is 33.8. The fourth-order valence-electron chi connectivity index (χ4n) is 8.82. The average Bonchev–Trinajstić information content (AvgIpc) is 3.55. The van der Waals surface area contributed by atoms with E-state index in [2.05, 4.69) is 79.1 Å². The van der Waals surface area contributed by atoms with Gasteiger partial charge in [-0.1, -0.05) is 120 Å². The SMILES string of the molecule is Cc1cc(C)cc(-c2ccccc2-c2ccccc2-c2ccccc2-n2c3ccc(-c4cc(C)cc(C(F)(F)F)c4)cc3c3cc(-c4cc(C)cc(C(F)(F)F)c4)ccc32)c1. The third-order valence-corrected chi connectivity index (χ3v) is 11.4. The molecule has 0 aliphatic carbocycles. The molecule has 0 spiro atoms. The molecule has 9 aromatic rings. The molecule has 0 bridgehead atoms. The molecule has 1 aromatic heterocycles. The molecule has 302 valence electrons. The van der Waals surface area contributed by atoms with E-state index in [9.17, 15) is 26.3 Å². The van der Waals surface area contributed by atoms with Crippen molar-refractivity contribution in [1.29, 1.82) is 0 Å². The maximum absolute atomic E-state index is 14.0. The number of para-hydroxylation sites is 1. The predicted octanol–water partition coefficient (Wildman–Crippen LogP) is 16.4. The highest BCUT2D eigenvalue weighted by Gasteiger charge is 2.32. The van der Waals surface area contributed by atoms with Crippen LogP contribution in [-0.4, -0.2) is 4.57 Å². The lowest BCUT2D eigenvalue weighted by Gasteiger charge is -2.19. The number of halogens is 6. The fourth-order valence-corrected chi connectivity index (χ4v) is 8.82. The molecule has 7 heteroatoms. The molecule has 0 amide bonds. The molecule has 1 nitrogen and oxygen atoms in total. The highest BCUT2D eigenvalue weighted by atomic mass is 19.4. The second-order valence-corrected chi connectivity index (χ2v) is 16.0. The number of fused-ring (bicyclic) bond motifs is 3. The maximum Gasteiger partial charge on any atom is 0.416 e. The largest absolute Gasteiger partial charge is 0.416 e. The topological polar surface area (TPSA) is 4.93 Å². The minimum Gasteiger partial charge on any atom is -0.309 e. The summed E-state index contributed by atoms with van der Waals surface area (Å²) >= 11 is 0. The molecule has 0 saturated heterocycles. The third kappa shape index (κ3) is 7.50. The molecule has 0 aliphatic rings. The lowest BCUT2D eigenvalue weighted by atomic mass is 9.88. The number of aromatic nitrogens is 1. The van der Waals surface area contributed by atoms with Gasteiger partial charge in [-0.3, -0.25) is 0 Å². The van der Waals surface area contributed by atoms with E-state index >= 15 is 0 Å². The van der Waals surface area contributed by atoms with Crippen molar-refractivity contribution in [3.05, 3.63) is 197 Å². The Kier molecular flexibility index (Phi) is 9.74. The Balaban J connectivity index is 1.29. The number of aryl methyl sites for hydroxylation is 4. The van der Waals surface area contributed by atoms with Crippen molar-refractivity contribution in [2.24, 2.45) is 0 Å². The van der Waals surface area contributed by atoms with E-state index in [0.717, 1.165) is 85.1 Å². The average molecular weight is 816 g/mol. The summed E-state index contributed by atoms with van der Waals surface area (Å²) in [4.78, 5) is 0. The first-order valence-corrected chi connectivity index (χ1v) is 20.0. The Hall–Kier alpha value is -6.86. The fraction of sp³-hybridized carbons (Fsp3) is 0.111. The van der Waals surface area contributed by atoms with Gasteiger partial charge in [-0.15, -0.1) is 0 Å². The summed E-state index contributed by atoms with van der Waals surface area (Å²) in [7, 11) is 0. The molecule has 8 aromatic carbocycles. The summed E-state index contributed by atoms with van der Waals surface area (Å²) in [5.74, 6) is 0. The molecular formula is C54H39F6N. The number of rotatable bonds is 6. The van der Waals surface area contributed by atoms with Crippen LogP contribution in [0.1, 0.15) is 33.4 Å². The van der Waals surface area contributed by atoms with E-state index in [-0.39, 0.29) is 0 Å². The van der Waals surface area contributed by atoms with Crippen LogP contribution in [-0.2, 0) is 12.4 Å². The molecule has 0 saturated carbocycles. The van der Waals surface area contributed by atoms with E-state index in [1.807, 2.05) is 66.7 Å². The van der Waals surface area contributed by atoms with Gasteiger partial charge in [-0.2, -0.15) is 26.3 Å². The zero-order chi connectivity index (χ0) is 42.8. The summed E-state index contributed by atoms with van der Waals surface area (Å²) in [6, 6.07) is 50.7. The smallest absolute Gasteiger partial charge is 0.309 e. The minimum atomic E-state index is -4.53. The quantitative estimate of drug-likeness (QED) is 0.147. The van der Waals surface area contributed by atoms with E-state index in [0.29, 0.717) is 33.4 Å². The van der Waals surface area contributed by atoms with Gasteiger partial charge in [0.1, 0.15) is 0 Å². The van der Waals surface area contributed by atoms with Crippen LogP contribution in [0.3, 0.4) is 0 Å².